The molecule has 3 aliphatic carbocycles. The molecule has 1 saturated carbocycles. The summed E-state index contributed by atoms with van der Waals surface area (Å²) in [5.41, 5.74) is 5.91. The number of amides is 1. The molecule has 1 aromatic heterocycles. The minimum atomic E-state index is -0.207. The molecule has 2 N–H and O–H groups in total. The fourth-order valence-corrected chi connectivity index (χ4v) is 2.52. The third-order valence-corrected chi connectivity index (χ3v) is 3.56. The van der Waals surface area contributed by atoms with Crippen molar-refractivity contribution in [1.29, 1.82) is 0 Å². The van der Waals surface area contributed by atoms with Crippen LogP contribution in [0.15, 0.2) is 64.6 Å². The van der Waals surface area contributed by atoms with Crippen molar-refractivity contribution in [2.75, 3.05) is 5.32 Å². The maximum absolute atomic E-state index is 12.2. The van der Waals surface area contributed by atoms with Crippen LogP contribution in [0.25, 0.3) is 0 Å². The van der Waals surface area contributed by atoms with E-state index in [-0.39, 0.29) is 11.7 Å². The number of fused-ring (bicyclic) bond motifs is 2. The number of hydrogen-bond donors (Lipinski definition) is 2. The number of pyridine rings is 1. The lowest BCUT2D eigenvalue weighted by molar-refractivity contribution is -0.112. The molecule has 92 valence electrons. The van der Waals surface area contributed by atoms with E-state index in [4.69, 9.17) is 0 Å². The summed E-state index contributed by atoms with van der Waals surface area (Å²) in [5.74, 6) is -0.240. The third kappa shape index (κ3) is 1.46. The lowest BCUT2D eigenvalue weighted by Gasteiger charge is -2.07. The Labute approximate surface area is 109 Å². The number of carbonyl (C=O) groups excluding carboxylic acids is 1. The van der Waals surface area contributed by atoms with Crippen LogP contribution in [-0.2, 0) is 4.79 Å². The smallest absolute Gasteiger partial charge is 0.256 e. The third-order valence-electron chi connectivity index (χ3n) is 3.56. The van der Waals surface area contributed by atoms with Crippen LogP contribution in [0.2, 0.25) is 0 Å². The second-order valence-corrected chi connectivity index (χ2v) is 4.75. The Kier molecular flexibility index (Phi) is 1.87. The number of nitrogens with one attached hydrogen (secondary N) is 1. The number of allylic oxidation sites excluding steroid dienone is 6. The Hall–Kier alpha value is -2.62. The van der Waals surface area contributed by atoms with Crippen LogP contribution < -0.4 is 5.32 Å². The maximum atomic E-state index is 12.2. The van der Waals surface area contributed by atoms with E-state index in [0.717, 1.165) is 12.0 Å². The lowest BCUT2D eigenvalue weighted by Crippen LogP contribution is -2.13. The van der Waals surface area contributed by atoms with Crippen LogP contribution in [0.1, 0.15) is 6.42 Å². The number of anilines is 1. The van der Waals surface area contributed by atoms with Crippen LogP contribution in [0.4, 0.5) is 5.69 Å². The van der Waals surface area contributed by atoms with Gasteiger partial charge in [0.1, 0.15) is 0 Å². The van der Waals surface area contributed by atoms with Gasteiger partial charge in [0.15, 0.2) is 5.75 Å². The molecule has 0 bridgehead atoms. The highest BCUT2D eigenvalue weighted by atomic mass is 16.3. The van der Waals surface area contributed by atoms with Gasteiger partial charge >= 0.3 is 0 Å². The van der Waals surface area contributed by atoms with Gasteiger partial charge in [0.2, 0.25) is 0 Å². The van der Waals surface area contributed by atoms with Crippen molar-refractivity contribution in [2.45, 2.75) is 6.42 Å². The Balaban J connectivity index is 1.65. The average molecular weight is 250 g/mol. The summed E-state index contributed by atoms with van der Waals surface area (Å²) in [6.07, 6.45) is 9.78. The molecule has 0 aliphatic heterocycles. The topological polar surface area (TPSA) is 62.2 Å². The van der Waals surface area contributed by atoms with Gasteiger partial charge in [0, 0.05) is 11.8 Å². The minimum Gasteiger partial charge on any atom is -0.504 e. The number of rotatable bonds is 2. The SMILES string of the molecule is O=C(Nc1ccncc1O)C1=C2C=C3CC3=C2C=C1. The van der Waals surface area contributed by atoms with Crippen LogP contribution in [0.3, 0.4) is 0 Å². The highest BCUT2D eigenvalue weighted by Crippen LogP contribution is 2.51. The second-order valence-electron chi connectivity index (χ2n) is 4.75. The minimum absolute atomic E-state index is 0.0328. The molecular weight excluding hydrogens is 240 g/mol. The van der Waals surface area contributed by atoms with E-state index >= 15 is 0 Å². The predicted octanol–water partition coefficient (Wildman–Crippen LogP) is 2.23. The fraction of sp³-hybridized carbons (Fsp3) is 0.0667. The molecule has 4 nitrogen and oxygen atoms in total. The van der Waals surface area contributed by atoms with Gasteiger partial charge in [-0.2, -0.15) is 0 Å². The molecular formula is C15H10N2O2. The van der Waals surface area contributed by atoms with Crippen molar-refractivity contribution in [3.8, 4) is 5.75 Å². The molecule has 1 heterocycles. The Morgan fingerprint density at radius 3 is 3.05 bits per heavy atom. The van der Waals surface area contributed by atoms with Gasteiger partial charge in [-0.1, -0.05) is 6.08 Å². The molecule has 0 unspecified atom stereocenters. The van der Waals surface area contributed by atoms with E-state index in [2.05, 4.69) is 16.4 Å². The molecule has 4 heteroatoms. The van der Waals surface area contributed by atoms with Crippen LogP contribution in [0, 0.1) is 0 Å². The zero-order chi connectivity index (χ0) is 13.0. The summed E-state index contributed by atoms with van der Waals surface area (Å²) in [6.45, 7) is 0. The van der Waals surface area contributed by atoms with E-state index in [1.54, 1.807) is 6.07 Å². The summed E-state index contributed by atoms with van der Waals surface area (Å²) < 4.78 is 0. The van der Waals surface area contributed by atoms with Gasteiger partial charge in [-0.25, -0.2) is 0 Å². The first-order valence-electron chi connectivity index (χ1n) is 6.05. The first-order valence-corrected chi connectivity index (χ1v) is 6.05. The van der Waals surface area contributed by atoms with Crippen molar-refractivity contribution in [3.63, 3.8) is 0 Å². The molecule has 0 atom stereocenters. The summed E-state index contributed by atoms with van der Waals surface area (Å²) in [7, 11) is 0. The zero-order valence-corrected chi connectivity index (χ0v) is 9.97. The van der Waals surface area contributed by atoms with E-state index in [1.807, 2.05) is 12.2 Å². The second kappa shape index (κ2) is 3.45. The number of carbonyl (C=O) groups is 1. The van der Waals surface area contributed by atoms with Crippen molar-refractivity contribution >= 4 is 11.6 Å². The highest BCUT2D eigenvalue weighted by molar-refractivity contribution is 6.09. The highest BCUT2D eigenvalue weighted by Gasteiger charge is 2.35. The summed E-state index contributed by atoms with van der Waals surface area (Å²) in [4.78, 5) is 16.0. The summed E-state index contributed by atoms with van der Waals surface area (Å²) in [5, 5.41) is 12.3. The largest absolute Gasteiger partial charge is 0.504 e. The van der Waals surface area contributed by atoms with Gasteiger partial charge in [0.05, 0.1) is 11.9 Å². The van der Waals surface area contributed by atoms with Gasteiger partial charge < -0.3 is 10.4 Å². The van der Waals surface area contributed by atoms with Crippen molar-refractivity contribution in [1.82, 2.24) is 4.98 Å². The molecule has 0 saturated heterocycles. The van der Waals surface area contributed by atoms with E-state index < -0.39 is 0 Å². The van der Waals surface area contributed by atoms with Crippen LogP contribution >= 0.6 is 0 Å². The van der Waals surface area contributed by atoms with Gasteiger partial charge in [-0.05, 0) is 46.9 Å². The van der Waals surface area contributed by atoms with Gasteiger partial charge in [0.25, 0.3) is 5.91 Å². The standard InChI is InChI=1S/C15H10N2O2/c18-14-7-16-4-3-13(14)17-15(19)10-2-1-9-11-5-8(11)6-12(9)10/h1-4,6-7,18H,5H2,(H,16,17,19). The summed E-state index contributed by atoms with van der Waals surface area (Å²) in [6, 6.07) is 1.57. The predicted molar refractivity (Wildman–Crippen MR) is 70.4 cm³/mol. The number of aromatic hydroxyl groups is 1. The molecule has 1 fully saturated rings. The summed E-state index contributed by atoms with van der Waals surface area (Å²) >= 11 is 0. The molecule has 3 aliphatic rings. The Morgan fingerprint density at radius 1 is 1.32 bits per heavy atom. The molecule has 0 spiro atoms. The number of hydrogen-bond acceptors (Lipinski definition) is 3. The van der Waals surface area contributed by atoms with E-state index in [1.165, 1.54) is 29.1 Å². The first-order chi connectivity index (χ1) is 9.24. The zero-order valence-electron chi connectivity index (χ0n) is 9.97. The normalized spacial score (nSPS) is 18.4. The molecule has 4 rings (SSSR count). The van der Waals surface area contributed by atoms with Crippen molar-refractivity contribution in [2.24, 2.45) is 0 Å². The van der Waals surface area contributed by atoms with E-state index in [0.29, 0.717) is 11.3 Å². The Morgan fingerprint density at radius 2 is 2.21 bits per heavy atom. The molecule has 1 amide bonds. The molecule has 0 radical (unpaired) electrons. The molecule has 0 aromatic carbocycles. The monoisotopic (exact) mass is 250 g/mol. The van der Waals surface area contributed by atoms with E-state index in [9.17, 15) is 9.90 Å². The first kappa shape index (κ1) is 10.3. The van der Waals surface area contributed by atoms with Crippen LogP contribution in [0.5, 0.6) is 5.75 Å². The van der Waals surface area contributed by atoms with Gasteiger partial charge in [-0.15, -0.1) is 0 Å². The van der Waals surface area contributed by atoms with Crippen molar-refractivity contribution in [3.05, 3.63) is 64.6 Å². The van der Waals surface area contributed by atoms with Gasteiger partial charge in [-0.3, -0.25) is 9.78 Å². The average Bonchev–Trinajstić information content (AvgIpc) is 2.89. The molecule has 1 aromatic rings. The lowest BCUT2D eigenvalue weighted by atomic mass is 10.1. The quantitative estimate of drug-likeness (QED) is 0.846. The van der Waals surface area contributed by atoms with Crippen molar-refractivity contribution < 1.29 is 9.90 Å². The van der Waals surface area contributed by atoms with Crippen LogP contribution in [-0.4, -0.2) is 16.0 Å². The number of aromatic nitrogens is 1. The molecule has 19 heavy (non-hydrogen) atoms. The Bertz CT molecular complexity index is 751. The fourth-order valence-electron chi connectivity index (χ4n) is 2.52. The maximum Gasteiger partial charge on any atom is 0.256 e. The number of nitrogens with zero attached hydrogens (tertiary/aromatic N) is 1.